The molecule has 0 bridgehead atoms. The molecule has 0 aliphatic carbocycles. The van der Waals surface area contributed by atoms with Crippen LogP contribution in [0.1, 0.15) is 6.92 Å². The summed E-state index contributed by atoms with van der Waals surface area (Å²) < 4.78 is 5.28. The van der Waals surface area contributed by atoms with E-state index in [4.69, 9.17) is 14.9 Å². The van der Waals surface area contributed by atoms with Crippen LogP contribution in [0.25, 0.3) is 0 Å². The van der Waals surface area contributed by atoms with Gasteiger partial charge < -0.3 is 14.9 Å². The van der Waals surface area contributed by atoms with Crippen molar-refractivity contribution in [1.29, 1.82) is 0 Å². The maximum Gasteiger partial charge on any atom is 0.315 e. The SMILES string of the molecule is CC(CO)(COc1ccccc1)C(=O)O. The number of carbonyl (C=O) groups is 1. The van der Waals surface area contributed by atoms with Gasteiger partial charge in [0.1, 0.15) is 17.8 Å². The number of aliphatic hydroxyl groups is 1. The molecule has 1 unspecified atom stereocenters. The van der Waals surface area contributed by atoms with Crippen LogP contribution in [0.4, 0.5) is 0 Å². The molecule has 0 spiro atoms. The first-order chi connectivity index (χ1) is 7.08. The van der Waals surface area contributed by atoms with Gasteiger partial charge in [0.2, 0.25) is 0 Å². The van der Waals surface area contributed by atoms with Crippen LogP contribution in [-0.2, 0) is 4.79 Å². The highest BCUT2D eigenvalue weighted by molar-refractivity contribution is 5.74. The molecule has 0 heterocycles. The van der Waals surface area contributed by atoms with Gasteiger partial charge in [0.15, 0.2) is 0 Å². The number of carboxylic acids is 1. The second kappa shape index (κ2) is 4.79. The topological polar surface area (TPSA) is 66.8 Å². The summed E-state index contributed by atoms with van der Waals surface area (Å²) in [6.07, 6.45) is 0. The number of hydrogen-bond acceptors (Lipinski definition) is 3. The van der Waals surface area contributed by atoms with Gasteiger partial charge in [-0.2, -0.15) is 0 Å². The van der Waals surface area contributed by atoms with Gasteiger partial charge in [-0.15, -0.1) is 0 Å². The van der Waals surface area contributed by atoms with E-state index in [1.165, 1.54) is 6.92 Å². The van der Waals surface area contributed by atoms with E-state index >= 15 is 0 Å². The Balaban J connectivity index is 2.59. The molecule has 1 rings (SSSR count). The van der Waals surface area contributed by atoms with Crippen LogP contribution in [0.5, 0.6) is 5.75 Å². The Labute approximate surface area is 88.1 Å². The minimum atomic E-state index is -1.25. The highest BCUT2D eigenvalue weighted by Crippen LogP contribution is 2.18. The molecule has 1 atom stereocenters. The van der Waals surface area contributed by atoms with Crippen LogP contribution in [0.2, 0.25) is 0 Å². The van der Waals surface area contributed by atoms with Crippen molar-refractivity contribution in [1.82, 2.24) is 0 Å². The quantitative estimate of drug-likeness (QED) is 0.765. The first-order valence-electron chi connectivity index (χ1n) is 4.60. The molecule has 2 N–H and O–H groups in total. The van der Waals surface area contributed by atoms with Crippen LogP contribution in [0, 0.1) is 5.41 Å². The Morgan fingerprint density at radius 3 is 2.47 bits per heavy atom. The third-order valence-corrected chi connectivity index (χ3v) is 2.17. The van der Waals surface area contributed by atoms with Crippen LogP contribution in [-0.4, -0.2) is 29.4 Å². The molecule has 0 aromatic heterocycles. The Morgan fingerprint density at radius 2 is 2.00 bits per heavy atom. The lowest BCUT2D eigenvalue weighted by atomic mass is 9.93. The number of ether oxygens (including phenoxy) is 1. The first kappa shape index (κ1) is 11.5. The molecule has 1 aromatic rings. The zero-order valence-corrected chi connectivity index (χ0v) is 8.51. The average molecular weight is 210 g/mol. The summed E-state index contributed by atoms with van der Waals surface area (Å²) in [5, 5.41) is 17.8. The molecular formula is C11H14O4. The molecule has 4 heteroatoms. The van der Waals surface area contributed by atoms with Gasteiger partial charge in [0, 0.05) is 0 Å². The molecule has 15 heavy (non-hydrogen) atoms. The summed E-state index contributed by atoms with van der Waals surface area (Å²) in [5.74, 6) is -0.473. The molecule has 0 saturated carbocycles. The highest BCUT2D eigenvalue weighted by Gasteiger charge is 2.33. The first-order valence-corrected chi connectivity index (χ1v) is 4.60. The summed E-state index contributed by atoms with van der Waals surface area (Å²) >= 11 is 0. The highest BCUT2D eigenvalue weighted by atomic mass is 16.5. The normalized spacial score (nSPS) is 14.3. The number of carboxylic acid groups (broad SMARTS) is 1. The Morgan fingerprint density at radius 1 is 1.40 bits per heavy atom. The summed E-state index contributed by atoms with van der Waals surface area (Å²) in [5.41, 5.74) is -1.25. The second-order valence-electron chi connectivity index (χ2n) is 3.63. The van der Waals surface area contributed by atoms with Crippen molar-refractivity contribution in [3.63, 3.8) is 0 Å². The lowest BCUT2D eigenvalue weighted by Gasteiger charge is -2.21. The maximum atomic E-state index is 10.8. The van der Waals surface area contributed by atoms with Gasteiger partial charge in [0.25, 0.3) is 0 Å². The molecule has 0 amide bonds. The predicted molar refractivity (Wildman–Crippen MR) is 54.8 cm³/mol. The van der Waals surface area contributed by atoms with Crippen molar-refractivity contribution in [3.8, 4) is 5.75 Å². The number of aliphatic carboxylic acids is 1. The van der Waals surface area contributed by atoms with Gasteiger partial charge in [-0.25, -0.2) is 0 Å². The van der Waals surface area contributed by atoms with E-state index in [2.05, 4.69) is 0 Å². The number of para-hydroxylation sites is 1. The minimum Gasteiger partial charge on any atom is -0.492 e. The molecule has 0 saturated heterocycles. The van der Waals surface area contributed by atoms with Gasteiger partial charge in [0.05, 0.1) is 6.61 Å². The van der Waals surface area contributed by atoms with Gasteiger partial charge in [-0.05, 0) is 19.1 Å². The molecule has 1 aromatic carbocycles. The summed E-state index contributed by atoms with van der Waals surface area (Å²) in [6.45, 7) is 0.941. The molecule has 4 nitrogen and oxygen atoms in total. The van der Waals surface area contributed by atoms with Crippen LogP contribution in [0.3, 0.4) is 0 Å². The molecule has 0 aliphatic heterocycles. The van der Waals surface area contributed by atoms with E-state index in [1.54, 1.807) is 24.3 Å². The zero-order valence-electron chi connectivity index (χ0n) is 8.51. The van der Waals surface area contributed by atoms with Crippen LogP contribution >= 0.6 is 0 Å². The van der Waals surface area contributed by atoms with E-state index < -0.39 is 18.0 Å². The number of aliphatic hydroxyl groups excluding tert-OH is 1. The Hall–Kier alpha value is -1.55. The third-order valence-electron chi connectivity index (χ3n) is 2.17. The van der Waals surface area contributed by atoms with Gasteiger partial charge >= 0.3 is 5.97 Å². The molecule has 0 radical (unpaired) electrons. The lowest BCUT2D eigenvalue weighted by molar-refractivity contribution is -0.152. The predicted octanol–water partition coefficient (Wildman–Crippen LogP) is 1.15. The molecule has 0 fully saturated rings. The van der Waals surface area contributed by atoms with Crippen molar-refractivity contribution in [3.05, 3.63) is 30.3 Å². The molecule has 0 aliphatic rings. The maximum absolute atomic E-state index is 10.8. The largest absolute Gasteiger partial charge is 0.492 e. The zero-order chi connectivity index (χ0) is 11.3. The van der Waals surface area contributed by atoms with E-state index in [9.17, 15) is 4.79 Å². The Kier molecular flexibility index (Phi) is 3.68. The van der Waals surface area contributed by atoms with Gasteiger partial charge in [-0.1, -0.05) is 18.2 Å². The molecule has 82 valence electrons. The minimum absolute atomic E-state index is 0.0527. The fraction of sp³-hybridized carbons (Fsp3) is 0.364. The van der Waals surface area contributed by atoms with Crippen molar-refractivity contribution in [2.45, 2.75) is 6.92 Å². The lowest BCUT2D eigenvalue weighted by Crippen LogP contribution is -2.37. The summed E-state index contributed by atoms with van der Waals surface area (Å²) in [7, 11) is 0. The third kappa shape index (κ3) is 2.95. The van der Waals surface area contributed by atoms with E-state index in [0.717, 1.165) is 0 Å². The van der Waals surface area contributed by atoms with Crippen molar-refractivity contribution in [2.24, 2.45) is 5.41 Å². The Bertz CT molecular complexity index is 323. The van der Waals surface area contributed by atoms with E-state index in [-0.39, 0.29) is 6.61 Å². The van der Waals surface area contributed by atoms with Crippen LogP contribution in [0.15, 0.2) is 30.3 Å². The number of hydrogen-bond donors (Lipinski definition) is 2. The van der Waals surface area contributed by atoms with E-state index in [1.807, 2.05) is 6.07 Å². The van der Waals surface area contributed by atoms with Crippen molar-refractivity contribution in [2.75, 3.05) is 13.2 Å². The standard InChI is InChI=1S/C11H14O4/c1-11(7-12,10(13)14)8-15-9-5-3-2-4-6-9/h2-6,12H,7-8H2,1H3,(H,13,14). The van der Waals surface area contributed by atoms with E-state index in [0.29, 0.717) is 5.75 Å². The van der Waals surface area contributed by atoms with Crippen molar-refractivity contribution < 1.29 is 19.7 Å². The van der Waals surface area contributed by atoms with Crippen molar-refractivity contribution >= 4 is 5.97 Å². The molecular weight excluding hydrogens is 196 g/mol. The van der Waals surface area contributed by atoms with Crippen LogP contribution < -0.4 is 4.74 Å². The fourth-order valence-corrected chi connectivity index (χ4v) is 0.934. The monoisotopic (exact) mass is 210 g/mol. The summed E-state index contributed by atoms with van der Waals surface area (Å²) in [4.78, 5) is 10.8. The van der Waals surface area contributed by atoms with Gasteiger partial charge in [-0.3, -0.25) is 4.79 Å². The average Bonchev–Trinajstić information content (AvgIpc) is 2.27. The second-order valence-corrected chi connectivity index (χ2v) is 3.63. The number of rotatable bonds is 5. The smallest absolute Gasteiger partial charge is 0.315 e. The fourth-order valence-electron chi connectivity index (χ4n) is 0.934. The number of benzene rings is 1. The summed E-state index contributed by atoms with van der Waals surface area (Å²) in [6, 6.07) is 8.91.